The fourth-order valence-corrected chi connectivity index (χ4v) is 5.21. The lowest BCUT2D eigenvalue weighted by molar-refractivity contribution is -0.146. The molecule has 0 unspecified atom stereocenters. The van der Waals surface area contributed by atoms with Gasteiger partial charge >= 0.3 is 12.1 Å². The van der Waals surface area contributed by atoms with Crippen molar-refractivity contribution in [1.29, 1.82) is 0 Å². The van der Waals surface area contributed by atoms with E-state index in [1.807, 2.05) is 24.3 Å². The highest BCUT2D eigenvalue weighted by Gasteiger charge is 2.28. The molecule has 0 atom stereocenters. The fraction of sp³-hybridized carbons (Fsp3) is 0.641. The van der Waals surface area contributed by atoms with Gasteiger partial charge in [0.2, 0.25) is 0 Å². The van der Waals surface area contributed by atoms with Crippen molar-refractivity contribution in [1.82, 2.24) is 5.32 Å². The summed E-state index contributed by atoms with van der Waals surface area (Å²) >= 11 is 0. The smallest absolute Gasteiger partial charge is 0.407 e. The molecule has 1 amide bonds. The summed E-state index contributed by atoms with van der Waals surface area (Å²) in [5, 5.41) is 2.80. The van der Waals surface area contributed by atoms with Crippen LogP contribution in [0.25, 0.3) is 11.1 Å². The van der Waals surface area contributed by atoms with E-state index in [4.69, 9.17) is 52.1 Å². The number of ether oxygens (including phenoxy) is 12. The number of carbonyl (C=O) groups is 2. The van der Waals surface area contributed by atoms with Gasteiger partial charge in [0.25, 0.3) is 0 Å². The van der Waals surface area contributed by atoms with Crippen LogP contribution in [0.15, 0.2) is 48.5 Å². The summed E-state index contributed by atoms with van der Waals surface area (Å²) in [6.45, 7) is 9.51. The number of alkyl carbamates (subject to hydrolysis) is 1. The normalized spacial score (nSPS) is 12.1. The highest BCUT2D eigenvalue weighted by Crippen LogP contribution is 2.44. The topological polar surface area (TPSA) is 157 Å². The van der Waals surface area contributed by atoms with Crippen LogP contribution >= 0.6 is 0 Å². The molecule has 2 aromatic rings. The Labute approximate surface area is 319 Å². The predicted molar refractivity (Wildman–Crippen MR) is 198 cm³/mol. The molecule has 304 valence electrons. The molecule has 0 bridgehead atoms. The zero-order valence-electron chi connectivity index (χ0n) is 31.7. The Balaban J connectivity index is 0.951. The van der Waals surface area contributed by atoms with Crippen LogP contribution in [-0.4, -0.2) is 164 Å². The molecule has 0 fully saturated rings. The first-order chi connectivity index (χ1) is 26.7. The van der Waals surface area contributed by atoms with Gasteiger partial charge < -0.3 is 62.2 Å². The maximum Gasteiger partial charge on any atom is 0.407 e. The zero-order valence-corrected chi connectivity index (χ0v) is 31.7. The van der Waals surface area contributed by atoms with Crippen LogP contribution < -0.4 is 5.32 Å². The summed E-state index contributed by atoms with van der Waals surface area (Å²) in [5.74, 6) is -0.365. The van der Waals surface area contributed by atoms with Crippen LogP contribution in [0.3, 0.4) is 0 Å². The van der Waals surface area contributed by atoms with E-state index in [1.54, 1.807) is 0 Å². The molecule has 1 aliphatic carbocycles. The first-order valence-electron chi connectivity index (χ1n) is 18.6. The predicted octanol–water partition coefficient (Wildman–Crippen LogP) is 3.25. The lowest BCUT2D eigenvalue weighted by Crippen LogP contribution is -2.27. The number of amides is 1. The molecule has 0 aliphatic heterocycles. The van der Waals surface area contributed by atoms with E-state index in [-0.39, 0.29) is 12.5 Å². The minimum absolute atomic E-state index is 0.0463. The molecule has 1 N–H and O–H groups in total. The number of benzene rings is 2. The van der Waals surface area contributed by atoms with Crippen molar-refractivity contribution in [2.75, 3.05) is 152 Å². The van der Waals surface area contributed by atoms with Crippen molar-refractivity contribution in [3.63, 3.8) is 0 Å². The molecule has 0 spiro atoms. The first-order valence-corrected chi connectivity index (χ1v) is 18.6. The Morgan fingerprint density at radius 2 is 0.852 bits per heavy atom. The van der Waals surface area contributed by atoms with Crippen LogP contribution in [0.1, 0.15) is 23.5 Å². The van der Waals surface area contributed by atoms with Crippen molar-refractivity contribution in [2.45, 2.75) is 12.3 Å². The Morgan fingerprint density at radius 3 is 1.24 bits per heavy atom. The lowest BCUT2D eigenvalue weighted by Gasteiger charge is -2.14. The van der Waals surface area contributed by atoms with Crippen molar-refractivity contribution in [3.8, 4) is 11.1 Å². The Hall–Kier alpha value is -3.22. The molecule has 0 saturated carbocycles. The zero-order chi connectivity index (χ0) is 38.2. The minimum atomic E-state index is -0.419. The molecule has 15 nitrogen and oxygen atoms in total. The van der Waals surface area contributed by atoms with Crippen LogP contribution in [0.4, 0.5) is 4.79 Å². The number of nitrogens with one attached hydrogen (secondary N) is 1. The van der Waals surface area contributed by atoms with Crippen LogP contribution in [0.5, 0.6) is 0 Å². The maximum atomic E-state index is 12.3. The minimum Gasteiger partial charge on any atom is -0.467 e. The van der Waals surface area contributed by atoms with Gasteiger partial charge in [-0.05, 0) is 28.7 Å². The molecule has 0 radical (unpaired) electrons. The van der Waals surface area contributed by atoms with Gasteiger partial charge in [0.15, 0.2) is 0 Å². The number of esters is 1. The van der Waals surface area contributed by atoms with E-state index >= 15 is 0 Å². The number of fused-ring (bicyclic) bond motifs is 3. The van der Waals surface area contributed by atoms with E-state index in [2.05, 4.69) is 34.3 Å². The number of methoxy groups -OCH3 is 1. The van der Waals surface area contributed by atoms with Crippen molar-refractivity contribution >= 4 is 12.1 Å². The van der Waals surface area contributed by atoms with Gasteiger partial charge in [-0.1, -0.05) is 48.5 Å². The molecule has 3 rings (SSSR count). The lowest BCUT2D eigenvalue weighted by atomic mass is 9.98. The van der Waals surface area contributed by atoms with E-state index in [0.717, 1.165) is 0 Å². The van der Waals surface area contributed by atoms with E-state index in [9.17, 15) is 9.59 Å². The second kappa shape index (κ2) is 31.0. The molecule has 2 aromatic carbocycles. The van der Waals surface area contributed by atoms with Crippen molar-refractivity contribution in [2.24, 2.45) is 0 Å². The summed E-state index contributed by atoms with van der Waals surface area (Å²) in [6, 6.07) is 16.5. The van der Waals surface area contributed by atoms with Gasteiger partial charge in [-0.25, -0.2) is 9.59 Å². The average molecular weight is 766 g/mol. The van der Waals surface area contributed by atoms with E-state index in [0.29, 0.717) is 145 Å². The molecule has 0 aromatic heterocycles. The maximum absolute atomic E-state index is 12.3. The van der Waals surface area contributed by atoms with E-state index in [1.165, 1.54) is 29.4 Å². The Morgan fingerprint density at radius 1 is 0.500 bits per heavy atom. The highest BCUT2D eigenvalue weighted by molar-refractivity contribution is 5.79. The number of rotatable bonds is 35. The molecular formula is C39H59NO14. The molecular weight excluding hydrogens is 706 g/mol. The Kier molecular flexibility index (Phi) is 26.0. The third-order valence-corrected chi connectivity index (χ3v) is 7.87. The summed E-state index contributed by atoms with van der Waals surface area (Å²) in [7, 11) is 1.31. The molecule has 0 heterocycles. The number of carbonyl (C=O) groups excluding carboxylic acids is 2. The third kappa shape index (κ3) is 20.5. The fourth-order valence-electron chi connectivity index (χ4n) is 5.21. The van der Waals surface area contributed by atoms with Gasteiger partial charge in [-0.3, -0.25) is 0 Å². The molecule has 0 saturated heterocycles. The summed E-state index contributed by atoms with van der Waals surface area (Å²) in [5.41, 5.74) is 4.80. The first kappa shape index (κ1) is 45.2. The van der Waals surface area contributed by atoms with Crippen LogP contribution in [0.2, 0.25) is 0 Å². The summed E-state index contributed by atoms with van der Waals surface area (Å²) in [4.78, 5) is 23.1. The second-order valence-corrected chi connectivity index (χ2v) is 11.7. The van der Waals surface area contributed by atoms with Gasteiger partial charge in [0, 0.05) is 19.1 Å². The van der Waals surface area contributed by atoms with Crippen LogP contribution in [0, 0.1) is 0 Å². The third-order valence-electron chi connectivity index (χ3n) is 7.87. The van der Waals surface area contributed by atoms with Gasteiger partial charge in [-0.2, -0.15) is 0 Å². The highest BCUT2D eigenvalue weighted by atomic mass is 16.6. The SMILES string of the molecule is COC(=O)COCCOCCOCCOCCOCCOCCOCCOCCOCCOCCCNC(=O)OCC1c2ccccc2-c2ccccc21. The number of hydrogen-bond donors (Lipinski definition) is 1. The van der Waals surface area contributed by atoms with Gasteiger partial charge in [-0.15, -0.1) is 0 Å². The van der Waals surface area contributed by atoms with Gasteiger partial charge in [0.05, 0.1) is 126 Å². The van der Waals surface area contributed by atoms with Crippen molar-refractivity contribution < 1.29 is 66.4 Å². The average Bonchev–Trinajstić information content (AvgIpc) is 3.52. The molecule has 15 heteroatoms. The van der Waals surface area contributed by atoms with E-state index < -0.39 is 12.1 Å². The van der Waals surface area contributed by atoms with Crippen LogP contribution in [-0.2, 0) is 61.6 Å². The summed E-state index contributed by atoms with van der Waals surface area (Å²) in [6.07, 6.45) is 0.261. The van der Waals surface area contributed by atoms with Crippen molar-refractivity contribution in [3.05, 3.63) is 59.7 Å². The standard InChI is InChI=1S/C39H59NO14/c1-43-38(41)32-53-30-29-52-28-27-51-26-25-50-24-23-49-22-21-48-20-19-47-18-17-46-16-15-45-14-13-44-12-6-11-40-39(42)54-31-37-35-9-4-2-7-33(35)34-8-3-5-10-36(34)37/h2-5,7-10,37H,6,11-32H2,1H3,(H,40,42). The summed E-state index contributed by atoms with van der Waals surface area (Å²) < 4.78 is 64.3. The second-order valence-electron chi connectivity index (χ2n) is 11.7. The monoisotopic (exact) mass is 765 g/mol. The quantitative estimate of drug-likeness (QED) is 0.0806. The molecule has 1 aliphatic rings. The Bertz CT molecular complexity index is 1210. The van der Waals surface area contributed by atoms with Gasteiger partial charge in [0.1, 0.15) is 13.2 Å². The number of hydrogen-bond acceptors (Lipinski definition) is 14. The molecule has 54 heavy (non-hydrogen) atoms. The largest absolute Gasteiger partial charge is 0.467 e.